The molecule has 0 spiro atoms. The fourth-order valence-corrected chi connectivity index (χ4v) is 4.73. The van der Waals surface area contributed by atoms with Crippen LogP contribution in [0.15, 0.2) is 53.9 Å². The van der Waals surface area contributed by atoms with Crippen LogP contribution in [0.4, 0.5) is 5.69 Å². The van der Waals surface area contributed by atoms with Crippen molar-refractivity contribution in [1.82, 2.24) is 9.88 Å². The van der Waals surface area contributed by atoms with Crippen molar-refractivity contribution in [2.45, 2.75) is 39.3 Å². The third kappa shape index (κ3) is 6.88. The van der Waals surface area contributed by atoms with E-state index in [2.05, 4.69) is 21.3 Å². The van der Waals surface area contributed by atoms with E-state index >= 15 is 0 Å². The maximum Gasteiger partial charge on any atom is 0.230 e. The number of nitrogens with one attached hydrogen (secondary N) is 1. The van der Waals surface area contributed by atoms with Gasteiger partial charge in [-0.1, -0.05) is 29.8 Å². The van der Waals surface area contributed by atoms with Gasteiger partial charge in [0.25, 0.3) is 0 Å². The van der Waals surface area contributed by atoms with Gasteiger partial charge in [-0.2, -0.15) is 0 Å². The SMILES string of the molecule is Cc1ccc(OCc2nc(CC(=O)Nc3cccc(CN4CCC(C(N)=O)CC4)c3)cs2)cc1. The molecular formula is C26H30N4O3S. The molecule has 1 aliphatic heterocycles. The second-order valence-electron chi connectivity index (χ2n) is 8.71. The number of hydrogen-bond acceptors (Lipinski definition) is 6. The first kappa shape index (κ1) is 23.9. The number of piperidine rings is 1. The van der Waals surface area contributed by atoms with E-state index in [4.69, 9.17) is 10.5 Å². The summed E-state index contributed by atoms with van der Waals surface area (Å²) in [6, 6.07) is 15.8. The monoisotopic (exact) mass is 478 g/mol. The third-order valence-electron chi connectivity index (χ3n) is 5.93. The molecule has 0 bridgehead atoms. The molecule has 7 nitrogen and oxygen atoms in total. The molecule has 0 atom stereocenters. The summed E-state index contributed by atoms with van der Waals surface area (Å²) in [5.41, 5.74) is 9.24. The van der Waals surface area contributed by atoms with Crippen molar-refractivity contribution in [3.05, 3.63) is 75.7 Å². The average Bonchev–Trinajstić information content (AvgIpc) is 3.26. The Morgan fingerprint density at radius 3 is 2.68 bits per heavy atom. The number of aryl methyl sites for hydroxylation is 1. The minimum Gasteiger partial charge on any atom is -0.486 e. The quantitative estimate of drug-likeness (QED) is 0.486. The van der Waals surface area contributed by atoms with Crippen molar-refractivity contribution in [2.24, 2.45) is 11.7 Å². The third-order valence-corrected chi connectivity index (χ3v) is 6.80. The fraction of sp³-hybridized carbons (Fsp3) is 0.346. The lowest BCUT2D eigenvalue weighted by molar-refractivity contribution is -0.123. The molecule has 8 heteroatoms. The van der Waals surface area contributed by atoms with Gasteiger partial charge in [0, 0.05) is 23.5 Å². The second kappa shape index (κ2) is 11.3. The van der Waals surface area contributed by atoms with E-state index in [0.29, 0.717) is 6.61 Å². The predicted octanol–water partition coefficient (Wildman–Crippen LogP) is 3.91. The van der Waals surface area contributed by atoms with Crippen molar-refractivity contribution in [1.29, 1.82) is 0 Å². The average molecular weight is 479 g/mol. The molecule has 0 unspecified atom stereocenters. The van der Waals surface area contributed by atoms with Gasteiger partial charge in [-0.25, -0.2) is 4.98 Å². The number of carbonyl (C=O) groups is 2. The van der Waals surface area contributed by atoms with E-state index < -0.39 is 0 Å². The Kier molecular flexibility index (Phi) is 7.92. The number of nitrogens with zero attached hydrogens (tertiary/aromatic N) is 2. The summed E-state index contributed by atoms with van der Waals surface area (Å²) in [6.45, 7) is 4.91. The summed E-state index contributed by atoms with van der Waals surface area (Å²) < 4.78 is 5.77. The highest BCUT2D eigenvalue weighted by atomic mass is 32.1. The number of thiazole rings is 1. The van der Waals surface area contributed by atoms with Gasteiger partial charge >= 0.3 is 0 Å². The molecule has 4 rings (SSSR count). The normalized spacial score (nSPS) is 14.6. The number of aromatic nitrogens is 1. The van der Waals surface area contributed by atoms with Crippen LogP contribution in [0.5, 0.6) is 5.75 Å². The fourth-order valence-electron chi connectivity index (χ4n) is 4.03. The maximum atomic E-state index is 12.6. The number of anilines is 1. The van der Waals surface area contributed by atoms with E-state index in [0.717, 1.165) is 60.2 Å². The number of benzene rings is 2. The van der Waals surface area contributed by atoms with Gasteiger partial charge in [-0.3, -0.25) is 14.5 Å². The zero-order valence-electron chi connectivity index (χ0n) is 19.3. The molecule has 0 saturated carbocycles. The van der Waals surface area contributed by atoms with E-state index in [1.807, 2.05) is 54.8 Å². The van der Waals surface area contributed by atoms with Gasteiger partial charge in [0.05, 0.1) is 12.1 Å². The van der Waals surface area contributed by atoms with Gasteiger partial charge < -0.3 is 15.8 Å². The summed E-state index contributed by atoms with van der Waals surface area (Å²) in [6.07, 6.45) is 1.82. The van der Waals surface area contributed by atoms with E-state index in [1.165, 1.54) is 16.9 Å². The lowest BCUT2D eigenvalue weighted by atomic mass is 9.96. The Morgan fingerprint density at radius 2 is 1.94 bits per heavy atom. The highest BCUT2D eigenvalue weighted by molar-refractivity contribution is 7.09. The summed E-state index contributed by atoms with van der Waals surface area (Å²) in [7, 11) is 0. The van der Waals surface area contributed by atoms with Gasteiger partial charge in [0.15, 0.2) is 0 Å². The minimum atomic E-state index is -0.199. The first-order valence-corrected chi connectivity index (χ1v) is 12.4. The van der Waals surface area contributed by atoms with Crippen LogP contribution >= 0.6 is 11.3 Å². The number of hydrogen-bond donors (Lipinski definition) is 2. The van der Waals surface area contributed by atoms with E-state index in [1.54, 1.807) is 0 Å². The standard InChI is InChI=1S/C26H30N4O3S/c1-18-5-7-23(8-6-18)33-16-25-29-22(17-34-25)14-24(31)28-21-4-2-3-19(13-21)15-30-11-9-20(10-12-30)26(27)32/h2-8,13,17,20H,9-12,14-16H2,1H3,(H2,27,32)(H,28,31). The number of carbonyl (C=O) groups excluding carboxylic acids is 2. The van der Waals surface area contributed by atoms with Crippen LogP contribution in [0.2, 0.25) is 0 Å². The largest absolute Gasteiger partial charge is 0.486 e. The molecule has 2 heterocycles. The van der Waals surface area contributed by atoms with Crippen LogP contribution in [-0.2, 0) is 29.2 Å². The molecule has 3 aromatic rings. The summed E-state index contributed by atoms with van der Waals surface area (Å²) in [5, 5.41) is 5.72. The molecule has 1 fully saturated rings. The van der Waals surface area contributed by atoms with Crippen LogP contribution in [-0.4, -0.2) is 34.8 Å². The maximum absolute atomic E-state index is 12.6. The molecule has 2 aromatic carbocycles. The van der Waals surface area contributed by atoms with Crippen molar-refractivity contribution < 1.29 is 14.3 Å². The molecule has 0 radical (unpaired) electrons. The van der Waals surface area contributed by atoms with Crippen LogP contribution < -0.4 is 15.8 Å². The van der Waals surface area contributed by atoms with Crippen molar-refractivity contribution in [2.75, 3.05) is 18.4 Å². The van der Waals surface area contributed by atoms with Gasteiger partial charge in [-0.15, -0.1) is 11.3 Å². The minimum absolute atomic E-state index is 0.0118. The topological polar surface area (TPSA) is 97.6 Å². The first-order chi connectivity index (χ1) is 16.4. The Morgan fingerprint density at radius 1 is 1.18 bits per heavy atom. The molecule has 34 heavy (non-hydrogen) atoms. The van der Waals surface area contributed by atoms with Crippen LogP contribution in [0, 0.1) is 12.8 Å². The van der Waals surface area contributed by atoms with Gasteiger partial charge in [-0.05, 0) is 62.7 Å². The van der Waals surface area contributed by atoms with Gasteiger partial charge in [0.1, 0.15) is 17.4 Å². The number of likely N-dealkylation sites (tertiary alicyclic amines) is 1. The smallest absolute Gasteiger partial charge is 0.230 e. The number of nitrogens with two attached hydrogens (primary N) is 1. The number of rotatable bonds is 9. The Labute approximate surface area is 204 Å². The lowest BCUT2D eigenvalue weighted by Crippen LogP contribution is -2.38. The molecule has 3 N–H and O–H groups in total. The molecule has 1 aromatic heterocycles. The van der Waals surface area contributed by atoms with Crippen molar-refractivity contribution >= 4 is 28.8 Å². The summed E-state index contributed by atoms with van der Waals surface area (Å²) in [5.74, 6) is 0.491. The molecule has 1 aliphatic rings. The zero-order valence-corrected chi connectivity index (χ0v) is 20.1. The molecule has 2 amide bonds. The van der Waals surface area contributed by atoms with Crippen LogP contribution in [0.25, 0.3) is 0 Å². The highest BCUT2D eigenvalue weighted by Gasteiger charge is 2.23. The predicted molar refractivity (Wildman–Crippen MR) is 134 cm³/mol. The Bertz CT molecular complexity index is 1120. The first-order valence-electron chi connectivity index (χ1n) is 11.5. The molecular weight excluding hydrogens is 448 g/mol. The van der Waals surface area contributed by atoms with Crippen molar-refractivity contribution in [3.8, 4) is 5.75 Å². The number of amides is 2. The van der Waals surface area contributed by atoms with Crippen molar-refractivity contribution in [3.63, 3.8) is 0 Å². The second-order valence-corrected chi connectivity index (χ2v) is 9.66. The van der Waals surface area contributed by atoms with E-state index in [-0.39, 0.29) is 24.2 Å². The number of ether oxygens (including phenoxy) is 1. The summed E-state index contributed by atoms with van der Waals surface area (Å²) in [4.78, 5) is 30.8. The van der Waals surface area contributed by atoms with Gasteiger partial charge in [0.2, 0.25) is 11.8 Å². The molecule has 0 aliphatic carbocycles. The highest BCUT2D eigenvalue weighted by Crippen LogP contribution is 2.21. The number of primary amides is 1. The summed E-state index contributed by atoms with van der Waals surface area (Å²) >= 11 is 1.49. The Hall–Kier alpha value is -3.23. The lowest BCUT2D eigenvalue weighted by Gasteiger charge is -2.30. The zero-order chi connectivity index (χ0) is 23.9. The van der Waals surface area contributed by atoms with Crippen LogP contribution in [0.1, 0.15) is 34.7 Å². The van der Waals surface area contributed by atoms with E-state index in [9.17, 15) is 9.59 Å². The molecule has 1 saturated heterocycles. The molecule has 178 valence electrons. The van der Waals surface area contributed by atoms with Crippen LogP contribution in [0.3, 0.4) is 0 Å². The Balaban J connectivity index is 1.25.